The van der Waals surface area contributed by atoms with Gasteiger partial charge in [0.15, 0.2) is 0 Å². The molecule has 0 aliphatic rings. The molecule has 0 heterocycles. The van der Waals surface area contributed by atoms with Crippen molar-refractivity contribution in [1.29, 1.82) is 0 Å². The SMILES string of the molecule is CC(Cc1ccc(CCc2ccc(/C=C/c3ccc(Cl)cc3F)cc2)cc1)c1ccccc1. The van der Waals surface area contributed by atoms with Gasteiger partial charge in [-0.2, -0.15) is 0 Å². The molecule has 0 nitrogen and oxygen atoms in total. The zero-order chi connectivity index (χ0) is 23.0. The molecular weight excluding hydrogens is 427 g/mol. The van der Waals surface area contributed by atoms with Crippen LogP contribution in [-0.2, 0) is 19.3 Å². The molecule has 0 saturated heterocycles. The summed E-state index contributed by atoms with van der Waals surface area (Å²) in [7, 11) is 0. The highest BCUT2D eigenvalue weighted by atomic mass is 35.5. The predicted octanol–water partition coefficient (Wildman–Crippen LogP) is 8.78. The number of aryl methyl sites for hydroxylation is 2. The van der Waals surface area contributed by atoms with E-state index in [1.54, 1.807) is 18.2 Å². The number of benzene rings is 4. The summed E-state index contributed by atoms with van der Waals surface area (Å²) in [5, 5.41) is 0.408. The Bertz CT molecular complexity index is 1190. The highest BCUT2D eigenvalue weighted by molar-refractivity contribution is 6.30. The first-order valence-electron chi connectivity index (χ1n) is 11.4. The summed E-state index contributed by atoms with van der Waals surface area (Å²) in [6, 6.07) is 32.9. The van der Waals surface area contributed by atoms with Gasteiger partial charge in [0.25, 0.3) is 0 Å². The summed E-state index contributed by atoms with van der Waals surface area (Å²) in [6.07, 6.45) is 6.76. The Labute approximate surface area is 201 Å². The van der Waals surface area contributed by atoms with E-state index in [0.717, 1.165) is 24.8 Å². The van der Waals surface area contributed by atoms with Gasteiger partial charge in [-0.3, -0.25) is 0 Å². The van der Waals surface area contributed by atoms with Gasteiger partial charge in [-0.25, -0.2) is 4.39 Å². The molecule has 0 saturated carbocycles. The van der Waals surface area contributed by atoms with Gasteiger partial charge >= 0.3 is 0 Å². The van der Waals surface area contributed by atoms with Gasteiger partial charge in [0, 0.05) is 10.6 Å². The Kier molecular flexibility index (Phi) is 7.75. The summed E-state index contributed by atoms with van der Waals surface area (Å²) in [6.45, 7) is 2.29. The first kappa shape index (κ1) is 23.0. The average molecular weight is 455 g/mol. The van der Waals surface area contributed by atoms with Crippen LogP contribution in [0.4, 0.5) is 4.39 Å². The molecule has 1 atom stereocenters. The lowest BCUT2D eigenvalue weighted by molar-refractivity contribution is 0.625. The monoisotopic (exact) mass is 454 g/mol. The van der Waals surface area contributed by atoms with Gasteiger partial charge in [0.1, 0.15) is 5.82 Å². The van der Waals surface area contributed by atoms with Crippen molar-refractivity contribution in [3.05, 3.63) is 141 Å². The molecule has 4 aromatic carbocycles. The number of rotatable bonds is 8. The minimum atomic E-state index is -0.309. The van der Waals surface area contributed by atoms with Crippen LogP contribution in [0.3, 0.4) is 0 Å². The van der Waals surface area contributed by atoms with E-state index in [1.807, 2.05) is 6.08 Å². The van der Waals surface area contributed by atoms with E-state index in [9.17, 15) is 4.39 Å². The van der Waals surface area contributed by atoms with E-state index >= 15 is 0 Å². The second-order valence-electron chi connectivity index (χ2n) is 8.57. The zero-order valence-corrected chi connectivity index (χ0v) is 19.6. The number of hydrogen-bond acceptors (Lipinski definition) is 0. The molecule has 0 aliphatic heterocycles. The topological polar surface area (TPSA) is 0 Å². The minimum Gasteiger partial charge on any atom is -0.206 e. The molecule has 2 heteroatoms. The van der Waals surface area contributed by atoms with E-state index in [2.05, 4.69) is 85.8 Å². The van der Waals surface area contributed by atoms with Crippen molar-refractivity contribution in [1.82, 2.24) is 0 Å². The van der Waals surface area contributed by atoms with Crippen LogP contribution < -0.4 is 0 Å². The van der Waals surface area contributed by atoms with Crippen LogP contribution in [0.1, 0.15) is 46.2 Å². The fourth-order valence-electron chi connectivity index (χ4n) is 4.00. The van der Waals surface area contributed by atoms with Gasteiger partial charge in [-0.05, 0) is 65.1 Å². The fourth-order valence-corrected chi connectivity index (χ4v) is 4.16. The van der Waals surface area contributed by atoms with Gasteiger partial charge in [-0.1, -0.05) is 116 Å². The van der Waals surface area contributed by atoms with Crippen molar-refractivity contribution in [3.63, 3.8) is 0 Å². The van der Waals surface area contributed by atoms with Gasteiger partial charge in [-0.15, -0.1) is 0 Å². The van der Waals surface area contributed by atoms with E-state index in [4.69, 9.17) is 11.6 Å². The molecule has 166 valence electrons. The third-order valence-electron chi connectivity index (χ3n) is 6.03. The highest BCUT2D eigenvalue weighted by Gasteiger charge is 2.06. The Hall–Kier alpha value is -3.16. The van der Waals surface area contributed by atoms with Crippen molar-refractivity contribution in [2.75, 3.05) is 0 Å². The molecule has 0 aliphatic carbocycles. The Morgan fingerprint density at radius 1 is 0.727 bits per heavy atom. The average Bonchev–Trinajstić information content (AvgIpc) is 2.84. The van der Waals surface area contributed by atoms with Crippen molar-refractivity contribution in [2.45, 2.75) is 32.1 Å². The summed E-state index contributed by atoms with van der Waals surface area (Å²) < 4.78 is 13.9. The predicted molar refractivity (Wildman–Crippen MR) is 139 cm³/mol. The van der Waals surface area contributed by atoms with Crippen molar-refractivity contribution >= 4 is 23.8 Å². The Morgan fingerprint density at radius 2 is 1.33 bits per heavy atom. The van der Waals surface area contributed by atoms with Crippen LogP contribution in [0.25, 0.3) is 12.2 Å². The summed E-state index contributed by atoms with van der Waals surface area (Å²) >= 11 is 5.81. The van der Waals surface area contributed by atoms with Crippen LogP contribution in [0, 0.1) is 5.82 Å². The van der Waals surface area contributed by atoms with Crippen molar-refractivity contribution < 1.29 is 4.39 Å². The first-order valence-corrected chi connectivity index (χ1v) is 11.8. The Morgan fingerprint density at radius 3 is 1.97 bits per heavy atom. The summed E-state index contributed by atoms with van der Waals surface area (Å²) in [5.74, 6) is 0.205. The summed E-state index contributed by atoms with van der Waals surface area (Å²) in [5.41, 5.74) is 7.00. The minimum absolute atomic E-state index is 0.309. The third kappa shape index (κ3) is 6.66. The summed E-state index contributed by atoms with van der Waals surface area (Å²) in [4.78, 5) is 0. The quantitative estimate of drug-likeness (QED) is 0.233. The number of halogens is 2. The molecular formula is C31H28ClF. The van der Waals surface area contributed by atoms with Crippen molar-refractivity contribution in [2.24, 2.45) is 0 Å². The molecule has 0 N–H and O–H groups in total. The molecule has 0 radical (unpaired) electrons. The highest BCUT2D eigenvalue weighted by Crippen LogP contribution is 2.21. The molecule has 0 fully saturated rings. The van der Waals surface area contributed by atoms with Crippen LogP contribution in [0.2, 0.25) is 5.02 Å². The first-order chi connectivity index (χ1) is 16.1. The third-order valence-corrected chi connectivity index (χ3v) is 6.27. The van der Waals surface area contributed by atoms with Gasteiger partial charge in [0.05, 0.1) is 0 Å². The number of hydrogen-bond donors (Lipinski definition) is 0. The van der Waals surface area contributed by atoms with Crippen LogP contribution in [0.5, 0.6) is 0 Å². The largest absolute Gasteiger partial charge is 0.206 e. The van der Waals surface area contributed by atoms with E-state index in [0.29, 0.717) is 16.5 Å². The van der Waals surface area contributed by atoms with Crippen LogP contribution in [-0.4, -0.2) is 0 Å². The lowest BCUT2D eigenvalue weighted by atomic mass is 9.93. The standard InChI is InChI=1S/C31H28ClF/c1-23(28-5-3-2-4-6-28)21-27-15-13-25(14-16-27)8-7-24-9-11-26(12-10-24)17-18-29-19-20-30(32)22-31(29)33/h2-6,9-20,22-23H,7-8,21H2,1H3/b18-17+. The van der Waals surface area contributed by atoms with Crippen LogP contribution >= 0.6 is 11.6 Å². The molecule has 0 bridgehead atoms. The van der Waals surface area contributed by atoms with Crippen LogP contribution in [0.15, 0.2) is 97.1 Å². The van der Waals surface area contributed by atoms with E-state index < -0.39 is 0 Å². The van der Waals surface area contributed by atoms with E-state index in [1.165, 1.54) is 28.3 Å². The second kappa shape index (κ2) is 11.1. The molecule has 0 amide bonds. The lowest BCUT2D eigenvalue weighted by Crippen LogP contribution is -1.99. The molecule has 4 aromatic rings. The Balaban J connectivity index is 1.29. The maximum Gasteiger partial charge on any atom is 0.131 e. The zero-order valence-electron chi connectivity index (χ0n) is 18.8. The van der Waals surface area contributed by atoms with E-state index in [-0.39, 0.29) is 5.82 Å². The molecule has 0 spiro atoms. The molecule has 1 unspecified atom stereocenters. The van der Waals surface area contributed by atoms with Gasteiger partial charge in [0.2, 0.25) is 0 Å². The smallest absolute Gasteiger partial charge is 0.131 e. The second-order valence-corrected chi connectivity index (χ2v) is 9.01. The molecule has 0 aromatic heterocycles. The lowest BCUT2D eigenvalue weighted by Gasteiger charge is -2.12. The maximum absolute atomic E-state index is 13.9. The maximum atomic E-state index is 13.9. The van der Waals surface area contributed by atoms with Crippen molar-refractivity contribution in [3.8, 4) is 0 Å². The molecule has 4 rings (SSSR count). The normalized spacial score (nSPS) is 12.2. The fraction of sp³-hybridized carbons (Fsp3) is 0.161. The van der Waals surface area contributed by atoms with Gasteiger partial charge < -0.3 is 0 Å². The molecule has 33 heavy (non-hydrogen) atoms.